The van der Waals surface area contributed by atoms with Gasteiger partial charge in [0.25, 0.3) is 0 Å². The van der Waals surface area contributed by atoms with Gasteiger partial charge in [-0.1, -0.05) is 68.4 Å². The Morgan fingerprint density at radius 1 is 0.727 bits per heavy atom. The number of hydrogen-bond donors (Lipinski definition) is 0. The molecule has 1 nitrogen and oxygen atoms in total. The Kier molecular flexibility index (Phi) is 16.5. The molecular formula is C20H31FO. The van der Waals surface area contributed by atoms with E-state index in [0.717, 1.165) is 25.7 Å². The van der Waals surface area contributed by atoms with Gasteiger partial charge in [0.1, 0.15) is 0 Å². The van der Waals surface area contributed by atoms with E-state index >= 15 is 0 Å². The van der Waals surface area contributed by atoms with Gasteiger partial charge in [-0.05, 0) is 44.9 Å². The molecule has 0 fully saturated rings. The van der Waals surface area contributed by atoms with E-state index in [1.165, 1.54) is 25.7 Å². The molecule has 0 aromatic heterocycles. The molecule has 0 N–H and O–H groups in total. The highest BCUT2D eigenvalue weighted by Gasteiger charge is 1.94. The molecule has 0 unspecified atom stereocenters. The third-order valence-electron chi connectivity index (χ3n) is 3.20. The zero-order valence-electron chi connectivity index (χ0n) is 14.0. The van der Waals surface area contributed by atoms with Crippen LogP contribution in [0.5, 0.6) is 0 Å². The van der Waals surface area contributed by atoms with Crippen molar-refractivity contribution in [2.45, 2.75) is 71.1 Å². The van der Waals surface area contributed by atoms with Gasteiger partial charge in [0.05, 0.1) is 0 Å². The van der Waals surface area contributed by atoms with Crippen molar-refractivity contribution in [1.82, 2.24) is 0 Å². The maximum Gasteiger partial charge on any atom is 0.301 e. The number of hydrogen-bond acceptors (Lipinski definition) is 1. The molecule has 0 aliphatic heterocycles. The van der Waals surface area contributed by atoms with Gasteiger partial charge in [-0.2, -0.15) is 4.39 Å². The molecule has 0 rings (SSSR count). The van der Waals surface area contributed by atoms with E-state index < -0.39 is 6.04 Å². The van der Waals surface area contributed by atoms with Crippen LogP contribution in [0.15, 0.2) is 48.6 Å². The molecule has 0 amide bonds. The Balaban J connectivity index is 3.40. The third-order valence-corrected chi connectivity index (χ3v) is 3.20. The van der Waals surface area contributed by atoms with Gasteiger partial charge in [0.2, 0.25) is 0 Å². The first-order valence-electron chi connectivity index (χ1n) is 8.55. The predicted octanol–water partition coefficient (Wildman–Crippen LogP) is 6.63. The predicted molar refractivity (Wildman–Crippen MR) is 94.5 cm³/mol. The lowest BCUT2D eigenvalue weighted by molar-refractivity contribution is -0.129. The van der Waals surface area contributed by atoms with Crippen LogP contribution >= 0.6 is 0 Å². The lowest BCUT2D eigenvalue weighted by Gasteiger charge is -1.90. The molecule has 0 radical (unpaired) electrons. The molecule has 0 aliphatic rings. The van der Waals surface area contributed by atoms with Gasteiger partial charge < -0.3 is 0 Å². The number of unbranched alkanes of at least 4 members (excludes halogenated alkanes) is 4. The summed E-state index contributed by atoms with van der Waals surface area (Å²) in [5.74, 6) is 0. The molecule has 0 bridgehead atoms. The quantitative estimate of drug-likeness (QED) is 0.200. The average molecular weight is 306 g/mol. The van der Waals surface area contributed by atoms with E-state index in [1.54, 1.807) is 0 Å². The van der Waals surface area contributed by atoms with Crippen LogP contribution in [0.25, 0.3) is 0 Å². The molecule has 0 atom stereocenters. The summed E-state index contributed by atoms with van der Waals surface area (Å²) in [6.07, 6.45) is 26.6. The lowest BCUT2D eigenvalue weighted by atomic mass is 10.2. The van der Waals surface area contributed by atoms with Crippen molar-refractivity contribution in [3.63, 3.8) is 0 Å². The fourth-order valence-electron chi connectivity index (χ4n) is 1.92. The summed E-state index contributed by atoms with van der Waals surface area (Å²) < 4.78 is 11.9. The molecule has 124 valence electrons. The largest absolute Gasteiger partial charge is 0.301 e. The number of halogens is 1. The zero-order chi connectivity index (χ0) is 16.3. The van der Waals surface area contributed by atoms with Crippen LogP contribution in [0.2, 0.25) is 0 Å². The molecule has 0 saturated heterocycles. The molecule has 0 aromatic carbocycles. The highest BCUT2D eigenvalue weighted by molar-refractivity contribution is 5.67. The maximum absolute atomic E-state index is 11.9. The van der Waals surface area contributed by atoms with Gasteiger partial charge in [-0.3, -0.25) is 4.79 Å². The van der Waals surface area contributed by atoms with Crippen molar-refractivity contribution in [3.05, 3.63) is 48.6 Å². The van der Waals surface area contributed by atoms with Crippen LogP contribution in [-0.2, 0) is 4.79 Å². The van der Waals surface area contributed by atoms with Crippen LogP contribution in [0.1, 0.15) is 71.1 Å². The summed E-state index contributed by atoms with van der Waals surface area (Å²) in [6.45, 7) is 2.23. The summed E-state index contributed by atoms with van der Waals surface area (Å²) in [5, 5.41) is 0. The van der Waals surface area contributed by atoms with Crippen LogP contribution in [0.3, 0.4) is 0 Å². The van der Waals surface area contributed by atoms with Gasteiger partial charge in [0, 0.05) is 6.42 Å². The first kappa shape index (κ1) is 20.6. The van der Waals surface area contributed by atoms with Crippen molar-refractivity contribution in [3.8, 4) is 0 Å². The van der Waals surface area contributed by atoms with Crippen molar-refractivity contribution in [1.29, 1.82) is 0 Å². The van der Waals surface area contributed by atoms with E-state index in [1.807, 2.05) is 6.08 Å². The standard InChI is InChI=1S/C20H31FO/c1-2-3-4-5-6-7-8-9-10-11-12-13-14-15-16-17-18-19-20(21)22/h6-7,9-10,12-13,15-16H,2-5,8,11,14,17-19H2,1H3/b7-6-,10-9-,13-12-,16-15-. The Hall–Kier alpha value is -1.44. The fraction of sp³-hybridized carbons (Fsp3) is 0.550. The SMILES string of the molecule is CCCCC/C=C\C/C=C\C/C=C\C/C=C\CCCC(=O)F. The molecule has 0 heterocycles. The molecule has 22 heavy (non-hydrogen) atoms. The Morgan fingerprint density at radius 2 is 1.18 bits per heavy atom. The molecular weight excluding hydrogens is 275 g/mol. The molecule has 0 aliphatic carbocycles. The Morgan fingerprint density at radius 3 is 1.64 bits per heavy atom. The molecule has 0 spiro atoms. The minimum Gasteiger partial charge on any atom is -0.261 e. The Bertz CT molecular complexity index is 364. The maximum atomic E-state index is 11.9. The van der Waals surface area contributed by atoms with E-state index in [0.29, 0.717) is 6.42 Å². The number of allylic oxidation sites excluding steroid dienone is 8. The third kappa shape index (κ3) is 18.6. The summed E-state index contributed by atoms with van der Waals surface area (Å²) in [4.78, 5) is 10.1. The Labute approximate surface area is 135 Å². The first-order valence-corrected chi connectivity index (χ1v) is 8.55. The van der Waals surface area contributed by atoms with Crippen LogP contribution in [-0.4, -0.2) is 6.04 Å². The van der Waals surface area contributed by atoms with Crippen molar-refractivity contribution >= 4 is 6.04 Å². The van der Waals surface area contributed by atoms with Gasteiger partial charge in [0.15, 0.2) is 0 Å². The van der Waals surface area contributed by atoms with Gasteiger partial charge in [-0.25, -0.2) is 0 Å². The van der Waals surface area contributed by atoms with E-state index in [4.69, 9.17) is 0 Å². The summed E-state index contributed by atoms with van der Waals surface area (Å²) in [6, 6.07) is -1.21. The van der Waals surface area contributed by atoms with Crippen molar-refractivity contribution in [2.75, 3.05) is 0 Å². The minimum atomic E-state index is -1.21. The monoisotopic (exact) mass is 306 g/mol. The van der Waals surface area contributed by atoms with Crippen molar-refractivity contribution in [2.24, 2.45) is 0 Å². The van der Waals surface area contributed by atoms with Crippen LogP contribution in [0, 0.1) is 0 Å². The molecule has 2 heteroatoms. The topological polar surface area (TPSA) is 17.1 Å². The molecule has 0 saturated carbocycles. The van der Waals surface area contributed by atoms with Crippen molar-refractivity contribution < 1.29 is 9.18 Å². The van der Waals surface area contributed by atoms with E-state index in [2.05, 4.69) is 49.5 Å². The average Bonchev–Trinajstić information content (AvgIpc) is 2.50. The molecule has 0 aromatic rings. The summed E-state index contributed by atoms with van der Waals surface area (Å²) >= 11 is 0. The first-order chi connectivity index (χ1) is 10.8. The highest BCUT2D eigenvalue weighted by Crippen LogP contribution is 2.01. The van der Waals surface area contributed by atoms with E-state index in [9.17, 15) is 9.18 Å². The second-order valence-electron chi connectivity index (χ2n) is 5.34. The second kappa shape index (κ2) is 17.6. The normalized spacial score (nSPS) is 12.5. The summed E-state index contributed by atoms with van der Waals surface area (Å²) in [5.41, 5.74) is 0. The highest BCUT2D eigenvalue weighted by atomic mass is 19.1. The summed E-state index contributed by atoms with van der Waals surface area (Å²) in [7, 11) is 0. The smallest absolute Gasteiger partial charge is 0.261 e. The number of rotatable bonds is 14. The van der Waals surface area contributed by atoms with Crippen LogP contribution < -0.4 is 0 Å². The lowest BCUT2D eigenvalue weighted by Crippen LogP contribution is -1.85. The zero-order valence-corrected chi connectivity index (χ0v) is 14.0. The number of carbonyl (C=O) groups is 1. The van der Waals surface area contributed by atoms with Gasteiger partial charge in [-0.15, -0.1) is 0 Å². The fourth-order valence-corrected chi connectivity index (χ4v) is 1.92. The second-order valence-corrected chi connectivity index (χ2v) is 5.34. The number of carbonyl (C=O) groups excluding carboxylic acids is 1. The van der Waals surface area contributed by atoms with Crippen LogP contribution in [0.4, 0.5) is 4.39 Å². The minimum absolute atomic E-state index is 0.0397. The van der Waals surface area contributed by atoms with Gasteiger partial charge >= 0.3 is 6.04 Å². The van der Waals surface area contributed by atoms with E-state index in [-0.39, 0.29) is 6.42 Å².